The molecule has 0 aliphatic carbocycles. The monoisotopic (exact) mass is 415 g/mol. The maximum Gasteiger partial charge on any atom is 0.194 e. The molecule has 1 unspecified atom stereocenters. The fourth-order valence-corrected chi connectivity index (χ4v) is 4.36. The van der Waals surface area contributed by atoms with Gasteiger partial charge in [0.15, 0.2) is 5.96 Å². The summed E-state index contributed by atoms with van der Waals surface area (Å²) in [4.78, 5) is 14.3. The maximum atomic E-state index is 5.33. The molecule has 6 nitrogen and oxygen atoms in total. The third-order valence-corrected chi connectivity index (χ3v) is 6.08. The van der Waals surface area contributed by atoms with Gasteiger partial charge in [0.1, 0.15) is 5.75 Å². The van der Waals surface area contributed by atoms with E-state index in [-0.39, 0.29) is 6.04 Å². The van der Waals surface area contributed by atoms with Gasteiger partial charge in [-0.05, 0) is 57.5 Å². The van der Waals surface area contributed by atoms with Crippen molar-refractivity contribution in [2.45, 2.75) is 39.3 Å². The van der Waals surface area contributed by atoms with E-state index < -0.39 is 0 Å². The van der Waals surface area contributed by atoms with Crippen molar-refractivity contribution in [1.29, 1.82) is 0 Å². The van der Waals surface area contributed by atoms with Gasteiger partial charge >= 0.3 is 0 Å². The van der Waals surface area contributed by atoms with Crippen molar-refractivity contribution in [1.82, 2.24) is 20.1 Å². The Hall–Kier alpha value is -2.12. The molecule has 7 heteroatoms. The van der Waals surface area contributed by atoms with E-state index in [1.54, 1.807) is 18.4 Å². The molecule has 2 heterocycles. The maximum absolute atomic E-state index is 5.33. The first-order valence-corrected chi connectivity index (χ1v) is 11.3. The van der Waals surface area contributed by atoms with Crippen LogP contribution in [0.4, 0.5) is 0 Å². The number of guanidine groups is 1. The summed E-state index contributed by atoms with van der Waals surface area (Å²) in [5.74, 6) is 1.82. The molecule has 1 fully saturated rings. The predicted octanol–water partition coefficient (Wildman–Crippen LogP) is 3.69. The zero-order chi connectivity index (χ0) is 20.6. The van der Waals surface area contributed by atoms with Gasteiger partial charge in [-0.3, -0.25) is 9.89 Å². The number of nitrogens with zero attached hydrogens (tertiary/aromatic N) is 4. The SMILES string of the molecule is CCNC(=NCC(c1ccc(OC)cc1)N1CCCC1)N(C)Cc1csc(C)n1. The van der Waals surface area contributed by atoms with Crippen LogP contribution in [-0.2, 0) is 6.54 Å². The quantitative estimate of drug-likeness (QED) is 0.526. The number of hydrogen-bond donors (Lipinski definition) is 1. The lowest BCUT2D eigenvalue weighted by atomic mass is 10.1. The van der Waals surface area contributed by atoms with E-state index in [4.69, 9.17) is 9.73 Å². The number of nitrogens with one attached hydrogen (secondary N) is 1. The zero-order valence-electron chi connectivity index (χ0n) is 18.0. The third kappa shape index (κ3) is 5.93. The van der Waals surface area contributed by atoms with E-state index in [0.29, 0.717) is 0 Å². The van der Waals surface area contributed by atoms with Crippen LogP contribution in [0.3, 0.4) is 0 Å². The highest BCUT2D eigenvalue weighted by Gasteiger charge is 2.24. The molecule has 1 aliphatic rings. The topological polar surface area (TPSA) is 53.0 Å². The Kier molecular flexibility index (Phi) is 7.89. The normalized spacial score (nSPS) is 16.1. The van der Waals surface area contributed by atoms with Crippen molar-refractivity contribution >= 4 is 17.3 Å². The first kappa shape index (κ1) is 21.6. The summed E-state index contributed by atoms with van der Waals surface area (Å²) in [5, 5.41) is 6.66. The van der Waals surface area contributed by atoms with Crippen LogP contribution in [0.15, 0.2) is 34.6 Å². The number of aliphatic imine (C=N–C) groups is 1. The Bertz CT molecular complexity index is 783. The number of benzene rings is 1. The highest BCUT2D eigenvalue weighted by Crippen LogP contribution is 2.27. The number of hydrogen-bond acceptors (Lipinski definition) is 5. The molecule has 29 heavy (non-hydrogen) atoms. The van der Waals surface area contributed by atoms with Crippen molar-refractivity contribution in [3.05, 3.63) is 45.9 Å². The van der Waals surface area contributed by atoms with Crippen molar-refractivity contribution in [3.8, 4) is 5.75 Å². The van der Waals surface area contributed by atoms with E-state index >= 15 is 0 Å². The molecule has 3 rings (SSSR count). The van der Waals surface area contributed by atoms with Crippen LogP contribution in [0.25, 0.3) is 0 Å². The standard InChI is InChI=1S/C22H33N5OS/c1-5-23-22(26(3)15-19-16-29-17(2)25-19)24-14-21(27-12-6-7-13-27)18-8-10-20(28-4)11-9-18/h8-11,16,21H,5-7,12-15H2,1-4H3,(H,23,24). The first-order valence-electron chi connectivity index (χ1n) is 10.4. The Labute approximate surface area is 178 Å². The zero-order valence-corrected chi connectivity index (χ0v) is 18.8. The highest BCUT2D eigenvalue weighted by atomic mass is 32.1. The van der Waals surface area contributed by atoms with Crippen molar-refractivity contribution in [3.63, 3.8) is 0 Å². The second kappa shape index (κ2) is 10.6. The van der Waals surface area contributed by atoms with E-state index in [1.807, 2.05) is 19.1 Å². The number of ether oxygens (including phenoxy) is 1. The minimum absolute atomic E-state index is 0.284. The van der Waals surface area contributed by atoms with Gasteiger partial charge in [-0.15, -0.1) is 11.3 Å². The summed E-state index contributed by atoms with van der Waals surface area (Å²) >= 11 is 1.69. The lowest BCUT2D eigenvalue weighted by Crippen LogP contribution is -2.39. The average molecular weight is 416 g/mol. The lowest BCUT2D eigenvalue weighted by molar-refractivity contribution is 0.251. The number of aromatic nitrogens is 1. The number of thiazole rings is 1. The largest absolute Gasteiger partial charge is 0.497 e. The molecule has 0 bridgehead atoms. The molecule has 1 aromatic heterocycles. The van der Waals surface area contributed by atoms with Gasteiger partial charge in [0.25, 0.3) is 0 Å². The predicted molar refractivity (Wildman–Crippen MR) is 121 cm³/mol. The van der Waals surface area contributed by atoms with Crippen molar-refractivity contribution < 1.29 is 4.74 Å². The van der Waals surface area contributed by atoms with Crippen LogP contribution in [-0.4, -0.2) is 61.1 Å². The molecule has 0 saturated carbocycles. The number of rotatable bonds is 8. The van der Waals surface area contributed by atoms with Crippen LogP contribution in [0, 0.1) is 6.92 Å². The van der Waals surface area contributed by atoms with Gasteiger partial charge < -0.3 is 15.0 Å². The summed E-state index contributed by atoms with van der Waals surface area (Å²) in [5.41, 5.74) is 2.39. The summed E-state index contributed by atoms with van der Waals surface area (Å²) in [6.07, 6.45) is 2.53. The molecule has 1 aliphatic heterocycles. The molecule has 1 saturated heterocycles. The molecular formula is C22H33N5OS. The fourth-order valence-electron chi connectivity index (χ4n) is 3.75. The summed E-state index contributed by atoms with van der Waals surface area (Å²) in [6.45, 7) is 8.76. The molecular weight excluding hydrogens is 382 g/mol. The molecule has 2 aromatic rings. The van der Waals surface area contributed by atoms with E-state index in [2.05, 4.69) is 51.6 Å². The average Bonchev–Trinajstić information content (AvgIpc) is 3.40. The number of likely N-dealkylation sites (tertiary alicyclic amines) is 1. The molecule has 1 aromatic carbocycles. The summed E-state index contributed by atoms with van der Waals surface area (Å²) in [7, 11) is 3.79. The van der Waals surface area contributed by atoms with Crippen molar-refractivity contribution in [2.24, 2.45) is 4.99 Å². The summed E-state index contributed by atoms with van der Waals surface area (Å²) < 4.78 is 5.33. The molecule has 1 atom stereocenters. The Balaban J connectivity index is 1.76. The molecule has 1 N–H and O–H groups in total. The van der Waals surface area contributed by atoms with Crippen LogP contribution in [0.5, 0.6) is 5.75 Å². The van der Waals surface area contributed by atoms with Gasteiger partial charge in [-0.2, -0.15) is 0 Å². The Morgan fingerprint density at radius 1 is 1.31 bits per heavy atom. The molecule has 158 valence electrons. The van der Waals surface area contributed by atoms with Crippen LogP contribution >= 0.6 is 11.3 Å². The van der Waals surface area contributed by atoms with Gasteiger partial charge in [0.2, 0.25) is 0 Å². The Morgan fingerprint density at radius 3 is 2.62 bits per heavy atom. The highest BCUT2D eigenvalue weighted by molar-refractivity contribution is 7.09. The lowest BCUT2D eigenvalue weighted by Gasteiger charge is -2.28. The van der Waals surface area contributed by atoms with Gasteiger partial charge in [-0.25, -0.2) is 4.98 Å². The molecule has 0 amide bonds. The number of aryl methyl sites for hydroxylation is 1. The summed E-state index contributed by atoms with van der Waals surface area (Å²) in [6, 6.07) is 8.72. The smallest absolute Gasteiger partial charge is 0.194 e. The van der Waals surface area contributed by atoms with Crippen LogP contribution in [0.1, 0.15) is 42.1 Å². The first-order chi connectivity index (χ1) is 14.1. The van der Waals surface area contributed by atoms with E-state index in [0.717, 1.165) is 55.1 Å². The molecule has 0 spiro atoms. The van der Waals surface area contributed by atoms with Gasteiger partial charge in [0, 0.05) is 19.0 Å². The van der Waals surface area contributed by atoms with E-state index in [9.17, 15) is 0 Å². The van der Waals surface area contributed by atoms with Crippen molar-refractivity contribution in [2.75, 3.05) is 40.3 Å². The second-order valence-electron chi connectivity index (χ2n) is 7.44. The van der Waals surface area contributed by atoms with E-state index in [1.165, 1.54) is 18.4 Å². The van der Waals surface area contributed by atoms with Gasteiger partial charge in [-0.1, -0.05) is 12.1 Å². The van der Waals surface area contributed by atoms with Crippen LogP contribution in [0.2, 0.25) is 0 Å². The van der Waals surface area contributed by atoms with Gasteiger partial charge in [0.05, 0.1) is 36.9 Å². The Morgan fingerprint density at radius 2 is 2.03 bits per heavy atom. The minimum Gasteiger partial charge on any atom is -0.497 e. The minimum atomic E-state index is 0.284. The third-order valence-electron chi connectivity index (χ3n) is 5.26. The number of methoxy groups -OCH3 is 1. The molecule has 0 radical (unpaired) electrons. The fraction of sp³-hybridized carbons (Fsp3) is 0.545. The van der Waals surface area contributed by atoms with Crippen LogP contribution < -0.4 is 10.1 Å². The second-order valence-corrected chi connectivity index (χ2v) is 8.50.